The molecule has 0 fully saturated rings. The second-order valence-corrected chi connectivity index (χ2v) is 42.1. The van der Waals surface area contributed by atoms with Gasteiger partial charge in [-0.3, -0.25) is 0 Å². The van der Waals surface area contributed by atoms with E-state index in [4.69, 9.17) is 9.47 Å². The quantitative estimate of drug-likeness (QED) is 0.0620. The van der Waals surface area contributed by atoms with E-state index in [1.807, 2.05) is 5.79 Å². The molecule has 2 nitrogen and oxygen atoms in total. The van der Waals surface area contributed by atoms with Crippen LogP contribution < -0.4 is 15.3 Å². The van der Waals surface area contributed by atoms with E-state index in [9.17, 15) is 0 Å². The predicted octanol–water partition coefficient (Wildman–Crippen LogP) is 12.2. The van der Waals surface area contributed by atoms with E-state index in [1.54, 1.807) is 0 Å². The van der Waals surface area contributed by atoms with Crippen LogP contribution >= 0.6 is 11.3 Å². The average Bonchev–Trinajstić information content (AvgIpc) is 3.36. The van der Waals surface area contributed by atoms with E-state index in [-0.39, 0.29) is 0 Å². The van der Waals surface area contributed by atoms with E-state index in [0.717, 1.165) is 26.1 Å². The van der Waals surface area contributed by atoms with Crippen LogP contribution in [0.2, 0.25) is 26.6 Å². The zero-order valence-corrected chi connectivity index (χ0v) is 35.7. The van der Waals surface area contributed by atoms with Crippen LogP contribution in [-0.2, 0) is 0 Å². The maximum atomic E-state index is 7.05. The molecule has 0 saturated heterocycles. The summed E-state index contributed by atoms with van der Waals surface area (Å²) < 4.78 is 26.9. The molecule has 0 amide bonds. The summed E-state index contributed by atoms with van der Waals surface area (Å²) in [7, 11) is 0. The van der Waals surface area contributed by atoms with Gasteiger partial charge in [-0.2, -0.15) is 0 Å². The van der Waals surface area contributed by atoms with Crippen molar-refractivity contribution in [1.82, 2.24) is 0 Å². The molecule has 1 aromatic heterocycles. The maximum absolute atomic E-state index is 7.05. The van der Waals surface area contributed by atoms with Crippen LogP contribution in [0.1, 0.15) is 158 Å². The summed E-state index contributed by atoms with van der Waals surface area (Å²) in [5, 5.41) is 0. The van der Waals surface area contributed by atoms with Crippen molar-refractivity contribution in [2.45, 2.75) is 185 Å². The van der Waals surface area contributed by atoms with Crippen molar-refractivity contribution in [2.75, 3.05) is 13.2 Å². The Morgan fingerprint density at radius 1 is 0.390 bits per heavy atom. The molecule has 41 heavy (non-hydrogen) atoms. The molecule has 0 saturated carbocycles. The van der Waals surface area contributed by atoms with Crippen LogP contribution in [0.25, 0.3) is 0 Å². The minimum absolute atomic E-state index is 0.864. The second kappa shape index (κ2) is 24.2. The van der Waals surface area contributed by atoms with Gasteiger partial charge in [-0.25, -0.2) is 0 Å². The van der Waals surface area contributed by atoms with Gasteiger partial charge in [0.15, 0.2) is 0 Å². The van der Waals surface area contributed by atoms with Gasteiger partial charge >= 0.3 is 273 Å². The predicted molar refractivity (Wildman–Crippen MR) is 194 cm³/mol. The Morgan fingerprint density at radius 3 is 0.854 bits per heavy atom. The van der Waals surface area contributed by atoms with E-state index in [1.165, 1.54) is 128 Å². The zero-order valence-electron chi connectivity index (χ0n) is 29.2. The monoisotopic (exact) mass is 808 g/mol. The summed E-state index contributed by atoms with van der Waals surface area (Å²) >= 11 is -3.10. The Balaban J connectivity index is 4.08. The van der Waals surface area contributed by atoms with Gasteiger partial charge in [0.2, 0.25) is 0 Å². The number of rotatable bonds is 28. The summed E-state index contributed by atoms with van der Waals surface area (Å²) in [6.07, 6.45) is 21.1. The van der Waals surface area contributed by atoms with Crippen LogP contribution in [0.15, 0.2) is 0 Å². The average molecular weight is 806 g/mol. The molecule has 1 rings (SSSR count). The van der Waals surface area contributed by atoms with Crippen molar-refractivity contribution in [3.63, 3.8) is 0 Å². The van der Waals surface area contributed by atoms with E-state index in [2.05, 4.69) is 66.7 Å². The summed E-state index contributed by atoms with van der Waals surface area (Å²) in [5.74, 6) is 2.64. The van der Waals surface area contributed by atoms with Crippen LogP contribution in [0.3, 0.4) is 0 Å². The molecule has 0 N–H and O–H groups in total. The summed E-state index contributed by atoms with van der Waals surface area (Å²) in [4.78, 5) is 0. The Kier molecular flexibility index (Phi) is 23.5. The number of ether oxygens (including phenoxy) is 2. The minimum atomic E-state index is -2.73. The number of hydrogen-bond donors (Lipinski definition) is 0. The van der Waals surface area contributed by atoms with Gasteiger partial charge in [-0.05, 0) is 0 Å². The zero-order chi connectivity index (χ0) is 30.4. The molecule has 0 aliphatic heterocycles. The molecule has 0 radical (unpaired) electrons. The Labute approximate surface area is 270 Å². The van der Waals surface area contributed by atoms with Gasteiger partial charge in [0.05, 0.1) is 0 Å². The molecule has 1 heterocycles. The van der Waals surface area contributed by atoms with Gasteiger partial charge in [0.1, 0.15) is 0 Å². The van der Waals surface area contributed by atoms with E-state index >= 15 is 0 Å². The molecule has 0 aliphatic carbocycles. The molecule has 0 spiro atoms. The first kappa shape index (κ1) is 39.9. The second-order valence-electron chi connectivity index (χ2n) is 13.0. The third-order valence-electron chi connectivity index (χ3n) is 9.33. The van der Waals surface area contributed by atoms with E-state index in [0.29, 0.717) is 0 Å². The topological polar surface area (TPSA) is 18.5 Å². The van der Waals surface area contributed by atoms with Crippen molar-refractivity contribution in [3.8, 4) is 11.5 Å². The van der Waals surface area contributed by atoms with Crippen LogP contribution in [-0.4, -0.2) is 50.0 Å². The fourth-order valence-electron chi connectivity index (χ4n) is 6.52. The van der Waals surface area contributed by atoms with Crippen molar-refractivity contribution in [1.29, 1.82) is 0 Å². The Morgan fingerprint density at radius 2 is 0.634 bits per heavy atom. The molecule has 0 bridgehead atoms. The summed E-state index contributed by atoms with van der Waals surface area (Å²) in [6, 6.07) is 0. The molecule has 242 valence electrons. The first-order valence-corrected chi connectivity index (χ1v) is 34.2. The Hall–Kier alpha value is 0.897. The van der Waals surface area contributed by atoms with Crippen molar-refractivity contribution < 1.29 is 9.47 Å². The molecule has 5 heteroatoms. The van der Waals surface area contributed by atoms with E-state index < -0.39 is 36.8 Å². The van der Waals surface area contributed by atoms with Crippen LogP contribution in [0.5, 0.6) is 11.5 Å². The normalized spacial score (nSPS) is 12.3. The molecular weight excluding hydrogens is 734 g/mol. The molecular formula is C36H72O2SSn2. The molecule has 0 aliphatic rings. The third-order valence-corrected chi connectivity index (χ3v) is 46.9. The SMILES string of the molecule is CCCCOc1[c]([Sn]([CH2]CCC)([CH2]CCC)[CH2]CCC)s[c]([Sn]([CH2]CCC)([CH2]CCC)[CH2]CCC)c1OCCCC. The van der Waals surface area contributed by atoms with Gasteiger partial charge < -0.3 is 0 Å². The number of unbranched alkanes of at least 4 members (excludes halogenated alkanes) is 8. The van der Waals surface area contributed by atoms with Gasteiger partial charge in [0.25, 0.3) is 0 Å². The van der Waals surface area contributed by atoms with Crippen LogP contribution in [0.4, 0.5) is 0 Å². The van der Waals surface area contributed by atoms with Gasteiger partial charge in [0, 0.05) is 0 Å². The fourth-order valence-corrected chi connectivity index (χ4v) is 49.3. The molecule has 1 aromatic rings. The van der Waals surface area contributed by atoms with Gasteiger partial charge in [-0.1, -0.05) is 0 Å². The molecule has 0 aromatic carbocycles. The Bertz CT molecular complexity index is 659. The first-order valence-electron chi connectivity index (χ1n) is 18.4. The van der Waals surface area contributed by atoms with Gasteiger partial charge in [-0.15, -0.1) is 0 Å². The molecule has 0 unspecified atom stereocenters. The number of thiophene rings is 1. The van der Waals surface area contributed by atoms with Crippen molar-refractivity contribution >= 4 is 53.9 Å². The summed E-state index contributed by atoms with van der Waals surface area (Å²) in [6.45, 7) is 20.8. The first-order chi connectivity index (χ1) is 20.0. The fraction of sp³-hybridized carbons (Fsp3) is 0.889. The third kappa shape index (κ3) is 13.0. The van der Waals surface area contributed by atoms with Crippen molar-refractivity contribution in [3.05, 3.63) is 0 Å². The summed E-state index contributed by atoms with van der Waals surface area (Å²) in [5.41, 5.74) is 0. The van der Waals surface area contributed by atoms with Crippen LogP contribution in [0, 0.1) is 0 Å². The number of hydrogen-bond acceptors (Lipinski definition) is 3. The standard InChI is InChI=1S/C12H18O2S.6C4H9.2Sn/c1-3-5-7-13-11-9-15-10-12(11)14-8-6-4-2;6*1-3-4-2;;/h3-8H2,1-2H3;6*1,3-4H2,2H3;;. The molecule has 0 atom stereocenters. The van der Waals surface area contributed by atoms with Crippen molar-refractivity contribution in [2.24, 2.45) is 0 Å².